The van der Waals surface area contributed by atoms with Crippen LogP contribution in [0.5, 0.6) is 0 Å². The van der Waals surface area contributed by atoms with Gasteiger partial charge in [-0.1, -0.05) is 6.07 Å². The molecule has 0 atom stereocenters. The molecule has 3 rings (SSSR count). The van der Waals surface area contributed by atoms with E-state index in [1.165, 1.54) is 4.88 Å². The first kappa shape index (κ1) is 13.0. The molecule has 1 N–H and O–H groups in total. The molecule has 0 saturated heterocycles. The summed E-state index contributed by atoms with van der Waals surface area (Å²) in [6.45, 7) is 6.16. The quantitative estimate of drug-likeness (QED) is 0.779. The summed E-state index contributed by atoms with van der Waals surface area (Å²) in [5, 5.41) is 4.22. The summed E-state index contributed by atoms with van der Waals surface area (Å²) in [5.41, 5.74) is 3.09. The largest absolute Gasteiger partial charge is 0.372 e. The van der Waals surface area contributed by atoms with Crippen molar-refractivity contribution in [3.8, 4) is 11.5 Å². The number of nitrogens with one attached hydrogen (secondary N) is 1. The summed E-state index contributed by atoms with van der Waals surface area (Å²) in [5.74, 6) is 1.54. The van der Waals surface area contributed by atoms with Gasteiger partial charge in [-0.05, 0) is 38.0 Å². The lowest BCUT2D eigenvalue weighted by atomic mass is 10.1. The molecule has 0 aliphatic carbocycles. The minimum absolute atomic E-state index is 0.682. The molecule has 0 amide bonds. The van der Waals surface area contributed by atoms with E-state index < -0.39 is 0 Å². The number of aromatic nitrogens is 3. The second-order valence-electron chi connectivity index (χ2n) is 4.90. The van der Waals surface area contributed by atoms with Crippen LogP contribution in [0.3, 0.4) is 0 Å². The smallest absolute Gasteiger partial charge is 0.181 e. The lowest BCUT2D eigenvalue weighted by Crippen LogP contribution is -2.00. The molecule has 20 heavy (non-hydrogen) atoms. The monoisotopic (exact) mass is 284 g/mol. The topological polar surface area (TPSA) is 50.7 Å². The molecule has 102 valence electrons. The van der Waals surface area contributed by atoms with Crippen LogP contribution in [0.2, 0.25) is 0 Å². The molecule has 0 aliphatic heterocycles. The molecular formula is C15H16N4S. The fourth-order valence-corrected chi connectivity index (χ4v) is 3.17. The Morgan fingerprint density at radius 3 is 2.60 bits per heavy atom. The van der Waals surface area contributed by atoms with E-state index in [9.17, 15) is 0 Å². The Morgan fingerprint density at radius 1 is 1.10 bits per heavy atom. The Kier molecular flexibility index (Phi) is 3.14. The van der Waals surface area contributed by atoms with Gasteiger partial charge in [-0.25, -0.2) is 9.97 Å². The molecule has 0 bridgehead atoms. The molecule has 3 aromatic rings. The molecule has 0 saturated carbocycles. The molecular weight excluding hydrogens is 268 g/mol. The Balaban J connectivity index is 2.25. The average Bonchev–Trinajstić information content (AvgIpc) is 2.77. The van der Waals surface area contributed by atoms with Crippen LogP contribution in [0.15, 0.2) is 18.3 Å². The SMILES string of the molecule is CNc1nc(-c2ncc(C)cc2C)nc2sc(C)cc12. The Morgan fingerprint density at radius 2 is 1.90 bits per heavy atom. The molecule has 4 nitrogen and oxygen atoms in total. The summed E-state index contributed by atoms with van der Waals surface area (Å²) in [7, 11) is 1.88. The molecule has 0 fully saturated rings. The minimum Gasteiger partial charge on any atom is -0.372 e. The van der Waals surface area contributed by atoms with Gasteiger partial charge in [0.05, 0.1) is 5.39 Å². The number of rotatable bonds is 2. The van der Waals surface area contributed by atoms with Crippen molar-refractivity contribution in [2.24, 2.45) is 0 Å². The fourth-order valence-electron chi connectivity index (χ4n) is 2.29. The Bertz CT molecular complexity index is 792. The first-order valence-corrected chi connectivity index (χ1v) is 7.29. The number of anilines is 1. The number of hydrogen-bond acceptors (Lipinski definition) is 5. The van der Waals surface area contributed by atoms with Crippen LogP contribution in [0, 0.1) is 20.8 Å². The maximum Gasteiger partial charge on any atom is 0.181 e. The molecule has 5 heteroatoms. The summed E-state index contributed by atoms with van der Waals surface area (Å²) in [6, 6.07) is 4.22. The second kappa shape index (κ2) is 4.83. The van der Waals surface area contributed by atoms with Crippen LogP contribution in [0.1, 0.15) is 16.0 Å². The fraction of sp³-hybridized carbons (Fsp3) is 0.267. The Hall–Kier alpha value is -2.01. The van der Waals surface area contributed by atoms with Crippen molar-refractivity contribution in [3.63, 3.8) is 0 Å². The van der Waals surface area contributed by atoms with Crippen molar-refractivity contribution in [2.75, 3.05) is 12.4 Å². The number of nitrogens with zero attached hydrogens (tertiary/aromatic N) is 3. The number of aryl methyl sites for hydroxylation is 3. The van der Waals surface area contributed by atoms with Crippen LogP contribution in [-0.2, 0) is 0 Å². The molecule has 0 aliphatic rings. The van der Waals surface area contributed by atoms with Crippen LogP contribution < -0.4 is 5.32 Å². The third-order valence-electron chi connectivity index (χ3n) is 3.18. The van der Waals surface area contributed by atoms with Gasteiger partial charge >= 0.3 is 0 Å². The van der Waals surface area contributed by atoms with Crippen LogP contribution in [-0.4, -0.2) is 22.0 Å². The standard InChI is InChI=1S/C15H16N4S/c1-8-5-9(2)12(17-7-8)14-18-13(16-4)11-6-10(3)20-15(11)19-14/h5-7H,1-4H3,(H,16,18,19). The lowest BCUT2D eigenvalue weighted by molar-refractivity contribution is 1.14. The zero-order chi connectivity index (χ0) is 14.3. The number of pyridine rings is 1. The first-order chi connectivity index (χ1) is 9.58. The second-order valence-corrected chi connectivity index (χ2v) is 6.13. The van der Waals surface area contributed by atoms with Gasteiger partial charge in [-0.2, -0.15) is 0 Å². The van der Waals surface area contributed by atoms with Crippen LogP contribution in [0.4, 0.5) is 5.82 Å². The van der Waals surface area contributed by atoms with E-state index in [4.69, 9.17) is 0 Å². The zero-order valence-electron chi connectivity index (χ0n) is 12.0. The van der Waals surface area contributed by atoms with E-state index in [0.29, 0.717) is 5.82 Å². The van der Waals surface area contributed by atoms with E-state index in [1.54, 1.807) is 11.3 Å². The highest BCUT2D eigenvalue weighted by molar-refractivity contribution is 7.18. The number of hydrogen-bond donors (Lipinski definition) is 1. The molecule has 0 radical (unpaired) electrons. The van der Waals surface area contributed by atoms with Crippen molar-refractivity contribution in [3.05, 3.63) is 34.3 Å². The van der Waals surface area contributed by atoms with E-state index in [2.05, 4.69) is 39.3 Å². The van der Waals surface area contributed by atoms with Gasteiger partial charge in [0.1, 0.15) is 16.3 Å². The molecule has 0 spiro atoms. The number of thiophene rings is 1. The predicted octanol–water partition coefficient (Wildman–Crippen LogP) is 3.72. The van der Waals surface area contributed by atoms with E-state index in [0.717, 1.165) is 32.9 Å². The van der Waals surface area contributed by atoms with Crippen LogP contribution >= 0.6 is 11.3 Å². The van der Waals surface area contributed by atoms with Gasteiger partial charge in [-0.3, -0.25) is 4.98 Å². The summed E-state index contributed by atoms with van der Waals surface area (Å²) < 4.78 is 0. The van der Waals surface area contributed by atoms with Gasteiger partial charge in [0, 0.05) is 18.1 Å². The molecule has 0 unspecified atom stereocenters. The number of fused-ring (bicyclic) bond motifs is 1. The van der Waals surface area contributed by atoms with Gasteiger partial charge < -0.3 is 5.32 Å². The van der Waals surface area contributed by atoms with E-state index in [-0.39, 0.29) is 0 Å². The lowest BCUT2D eigenvalue weighted by Gasteiger charge is -2.07. The van der Waals surface area contributed by atoms with Gasteiger partial charge in [0.15, 0.2) is 5.82 Å². The third-order valence-corrected chi connectivity index (χ3v) is 4.12. The Labute approximate surface area is 121 Å². The third kappa shape index (κ3) is 2.14. The minimum atomic E-state index is 0.682. The molecule has 3 aromatic heterocycles. The predicted molar refractivity (Wildman–Crippen MR) is 84.4 cm³/mol. The van der Waals surface area contributed by atoms with Gasteiger partial charge in [0.25, 0.3) is 0 Å². The van der Waals surface area contributed by atoms with E-state index >= 15 is 0 Å². The maximum absolute atomic E-state index is 4.67. The highest BCUT2D eigenvalue weighted by atomic mass is 32.1. The van der Waals surface area contributed by atoms with Crippen molar-refractivity contribution in [1.82, 2.24) is 15.0 Å². The molecule has 0 aromatic carbocycles. The summed E-state index contributed by atoms with van der Waals surface area (Å²) >= 11 is 1.68. The van der Waals surface area contributed by atoms with Crippen molar-refractivity contribution in [2.45, 2.75) is 20.8 Å². The highest BCUT2D eigenvalue weighted by Crippen LogP contribution is 2.31. The van der Waals surface area contributed by atoms with Gasteiger partial charge in [0.2, 0.25) is 0 Å². The van der Waals surface area contributed by atoms with E-state index in [1.807, 2.05) is 27.1 Å². The van der Waals surface area contributed by atoms with Crippen molar-refractivity contribution in [1.29, 1.82) is 0 Å². The highest BCUT2D eigenvalue weighted by Gasteiger charge is 2.13. The van der Waals surface area contributed by atoms with Crippen molar-refractivity contribution >= 4 is 27.4 Å². The summed E-state index contributed by atoms with van der Waals surface area (Å²) in [6.07, 6.45) is 1.86. The van der Waals surface area contributed by atoms with Crippen molar-refractivity contribution < 1.29 is 0 Å². The maximum atomic E-state index is 4.67. The van der Waals surface area contributed by atoms with Crippen LogP contribution in [0.25, 0.3) is 21.7 Å². The first-order valence-electron chi connectivity index (χ1n) is 6.48. The zero-order valence-corrected chi connectivity index (χ0v) is 12.8. The average molecular weight is 284 g/mol. The van der Waals surface area contributed by atoms with Gasteiger partial charge in [-0.15, -0.1) is 11.3 Å². The molecule has 3 heterocycles. The normalized spacial score (nSPS) is 11.0. The summed E-state index contributed by atoms with van der Waals surface area (Å²) in [4.78, 5) is 16.0.